The van der Waals surface area contributed by atoms with Gasteiger partial charge >= 0.3 is 18.2 Å². The quantitative estimate of drug-likeness (QED) is 0.499. The molecule has 1 aliphatic rings. The number of rotatable bonds is 6. The number of nitrogens with zero attached hydrogens (tertiary/aromatic N) is 1. The van der Waals surface area contributed by atoms with E-state index in [1.54, 1.807) is 45.0 Å². The molecule has 10 heteroatoms. The number of hydrogen-bond acceptors (Lipinski definition) is 7. The average molecular weight is 469 g/mol. The molecule has 2 rings (SSSR count). The summed E-state index contributed by atoms with van der Waals surface area (Å²) in [6.45, 7) is 3.93. The molecule has 0 aliphatic heterocycles. The van der Waals surface area contributed by atoms with Crippen molar-refractivity contribution in [3.8, 4) is 0 Å². The molecule has 0 spiro atoms. The predicted octanol–water partition coefficient (Wildman–Crippen LogP) is 3.77. The van der Waals surface area contributed by atoms with Gasteiger partial charge in [0.05, 0.1) is 0 Å². The lowest BCUT2D eigenvalue weighted by molar-refractivity contribution is -0.152. The molecule has 1 aromatic carbocycles. The molecular weight excluding hydrogens is 440 g/mol. The Hall–Kier alpha value is -2.81. The predicted molar refractivity (Wildman–Crippen MR) is 116 cm³/mol. The number of halogens is 1. The standard InChI is InChI=1S/C22H29ClN2O7/c1-21(2,3)32-19(28)24-13-18(27)30-14-31-20(29)25(4)22(12-8-7-11-17(22)26)15-9-5-6-10-16(15)23/h5-6,9-10H,7-8,11-14H2,1-4H3,(H,24,28)/t22-/m0/s1. The number of esters is 1. The first kappa shape index (κ1) is 25.5. The van der Waals surface area contributed by atoms with Crippen LogP contribution in [-0.4, -0.2) is 54.8 Å². The molecule has 1 N–H and O–H groups in total. The van der Waals surface area contributed by atoms with Crippen molar-refractivity contribution in [1.29, 1.82) is 0 Å². The van der Waals surface area contributed by atoms with Crippen molar-refractivity contribution in [2.75, 3.05) is 20.4 Å². The number of carbonyl (C=O) groups is 4. The highest BCUT2D eigenvalue weighted by Gasteiger charge is 2.48. The molecule has 1 atom stereocenters. The second-order valence-electron chi connectivity index (χ2n) is 8.43. The third-order valence-corrected chi connectivity index (χ3v) is 5.33. The first-order valence-electron chi connectivity index (χ1n) is 10.3. The SMILES string of the molecule is CN(C(=O)OCOC(=O)CNC(=O)OC(C)(C)C)[C@]1(c2ccccc2Cl)CCCCC1=O. The lowest BCUT2D eigenvalue weighted by Crippen LogP contribution is -2.54. The summed E-state index contributed by atoms with van der Waals surface area (Å²) >= 11 is 6.36. The normalized spacial score (nSPS) is 18.5. The second kappa shape index (κ2) is 10.7. The molecule has 0 bridgehead atoms. The minimum Gasteiger partial charge on any atom is -0.444 e. The van der Waals surface area contributed by atoms with Crippen molar-refractivity contribution >= 4 is 35.5 Å². The van der Waals surface area contributed by atoms with Gasteiger partial charge in [-0.25, -0.2) is 9.59 Å². The lowest BCUT2D eigenvalue weighted by atomic mass is 9.74. The highest BCUT2D eigenvalue weighted by Crippen LogP contribution is 2.42. The summed E-state index contributed by atoms with van der Waals surface area (Å²) < 4.78 is 14.9. The van der Waals surface area contributed by atoms with E-state index in [0.29, 0.717) is 23.4 Å². The van der Waals surface area contributed by atoms with Crippen molar-refractivity contribution in [2.24, 2.45) is 0 Å². The molecule has 0 radical (unpaired) electrons. The van der Waals surface area contributed by atoms with E-state index >= 15 is 0 Å². The molecule has 0 unspecified atom stereocenters. The van der Waals surface area contributed by atoms with E-state index < -0.39 is 42.6 Å². The first-order chi connectivity index (χ1) is 15.0. The van der Waals surface area contributed by atoms with E-state index in [1.165, 1.54) is 11.9 Å². The monoisotopic (exact) mass is 468 g/mol. The molecule has 1 saturated carbocycles. The number of ketones is 1. The highest BCUT2D eigenvalue weighted by molar-refractivity contribution is 6.31. The average Bonchev–Trinajstić information content (AvgIpc) is 2.71. The fraction of sp³-hybridized carbons (Fsp3) is 0.545. The first-order valence-corrected chi connectivity index (χ1v) is 10.7. The van der Waals surface area contributed by atoms with Crippen molar-refractivity contribution in [2.45, 2.75) is 57.6 Å². The van der Waals surface area contributed by atoms with Gasteiger partial charge < -0.3 is 19.5 Å². The maximum Gasteiger partial charge on any atom is 0.413 e. The Morgan fingerprint density at radius 1 is 1.16 bits per heavy atom. The summed E-state index contributed by atoms with van der Waals surface area (Å²) in [6.07, 6.45) is 0.571. The Kier molecular flexibility index (Phi) is 8.49. The van der Waals surface area contributed by atoms with Gasteiger partial charge in [0.1, 0.15) is 17.7 Å². The van der Waals surface area contributed by atoms with E-state index in [2.05, 4.69) is 5.32 Å². The van der Waals surface area contributed by atoms with Crippen molar-refractivity contribution in [3.05, 3.63) is 34.9 Å². The van der Waals surface area contributed by atoms with Crippen LogP contribution in [0.4, 0.5) is 9.59 Å². The van der Waals surface area contributed by atoms with Gasteiger partial charge in [-0.15, -0.1) is 0 Å². The minimum absolute atomic E-state index is 0.130. The number of benzene rings is 1. The van der Waals surface area contributed by atoms with Crippen LogP contribution in [0.15, 0.2) is 24.3 Å². The summed E-state index contributed by atoms with van der Waals surface area (Å²) in [5, 5.41) is 2.62. The number of nitrogens with one attached hydrogen (secondary N) is 1. The Morgan fingerprint density at radius 2 is 1.84 bits per heavy atom. The topological polar surface area (TPSA) is 111 Å². The summed E-state index contributed by atoms with van der Waals surface area (Å²) in [5.41, 5.74) is -1.43. The van der Waals surface area contributed by atoms with Gasteiger partial charge in [0.25, 0.3) is 0 Å². The zero-order valence-electron chi connectivity index (χ0n) is 18.7. The van der Waals surface area contributed by atoms with Crippen LogP contribution >= 0.6 is 11.6 Å². The van der Waals surface area contributed by atoms with Crippen LogP contribution in [0.25, 0.3) is 0 Å². The molecule has 1 fully saturated rings. The maximum absolute atomic E-state index is 13.0. The van der Waals surface area contributed by atoms with Gasteiger partial charge in [0.15, 0.2) is 5.78 Å². The van der Waals surface area contributed by atoms with Gasteiger partial charge in [0, 0.05) is 24.1 Å². The molecule has 2 amide bonds. The molecule has 176 valence electrons. The van der Waals surface area contributed by atoms with Gasteiger partial charge in [0.2, 0.25) is 6.79 Å². The molecule has 1 aromatic rings. The summed E-state index contributed by atoms with van der Waals surface area (Å²) in [6, 6.07) is 6.89. The summed E-state index contributed by atoms with van der Waals surface area (Å²) in [7, 11) is 1.46. The number of likely N-dealkylation sites (N-methyl/N-ethyl adjacent to an activating group) is 1. The van der Waals surface area contributed by atoms with E-state index in [-0.39, 0.29) is 5.78 Å². The van der Waals surface area contributed by atoms with Crippen molar-refractivity contribution in [1.82, 2.24) is 10.2 Å². The van der Waals surface area contributed by atoms with Crippen LogP contribution in [0.2, 0.25) is 5.02 Å². The molecule has 32 heavy (non-hydrogen) atoms. The Labute approximate surface area is 192 Å². The summed E-state index contributed by atoms with van der Waals surface area (Å²) in [4.78, 5) is 50.3. The molecule has 0 heterocycles. The number of alkyl carbamates (subject to hydrolysis) is 1. The number of ether oxygens (including phenoxy) is 3. The third-order valence-electron chi connectivity index (χ3n) is 5.00. The zero-order valence-corrected chi connectivity index (χ0v) is 19.5. The molecule has 9 nitrogen and oxygen atoms in total. The van der Waals surface area contributed by atoms with E-state index in [0.717, 1.165) is 12.8 Å². The number of carbonyl (C=O) groups excluding carboxylic acids is 4. The molecule has 0 aromatic heterocycles. The van der Waals surface area contributed by atoms with Crippen LogP contribution in [0.5, 0.6) is 0 Å². The van der Waals surface area contributed by atoms with E-state index in [1.807, 2.05) is 0 Å². The zero-order chi connectivity index (χ0) is 23.9. The lowest BCUT2D eigenvalue weighted by Gasteiger charge is -2.43. The Morgan fingerprint density at radius 3 is 2.47 bits per heavy atom. The summed E-state index contributed by atoms with van der Waals surface area (Å²) in [5.74, 6) is -0.948. The van der Waals surface area contributed by atoms with Gasteiger partial charge in [-0.3, -0.25) is 14.5 Å². The fourth-order valence-electron chi connectivity index (χ4n) is 3.54. The van der Waals surface area contributed by atoms with E-state index in [9.17, 15) is 19.2 Å². The van der Waals surface area contributed by atoms with Gasteiger partial charge in [-0.05, 0) is 46.1 Å². The maximum atomic E-state index is 13.0. The van der Waals surface area contributed by atoms with Gasteiger partial charge in [-0.2, -0.15) is 0 Å². The van der Waals surface area contributed by atoms with Crippen LogP contribution in [-0.2, 0) is 29.3 Å². The number of hydrogen-bond donors (Lipinski definition) is 1. The van der Waals surface area contributed by atoms with Crippen molar-refractivity contribution < 1.29 is 33.4 Å². The molecule has 0 saturated heterocycles. The Balaban J connectivity index is 1.97. The van der Waals surface area contributed by atoms with Crippen LogP contribution in [0.3, 0.4) is 0 Å². The van der Waals surface area contributed by atoms with Crippen LogP contribution in [0, 0.1) is 0 Å². The fourth-order valence-corrected chi connectivity index (χ4v) is 3.83. The third kappa shape index (κ3) is 6.35. The van der Waals surface area contributed by atoms with Gasteiger partial charge in [-0.1, -0.05) is 29.8 Å². The Bertz CT molecular complexity index is 868. The highest BCUT2D eigenvalue weighted by atomic mass is 35.5. The largest absolute Gasteiger partial charge is 0.444 e. The number of Topliss-reactive ketones (excluding diaryl/α,β-unsaturated/α-hetero) is 1. The van der Waals surface area contributed by atoms with Crippen LogP contribution < -0.4 is 5.32 Å². The minimum atomic E-state index is -1.25. The molecule has 1 aliphatic carbocycles. The van der Waals surface area contributed by atoms with Crippen LogP contribution in [0.1, 0.15) is 52.0 Å². The number of amides is 2. The second-order valence-corrected chi connectivity index (χ2v) is 8.84. The van der Waals surface area contributed by atoms with Crippen molar-refractivity contribution in [3.63, 3.8) is 0 Å². The smallest absolute Gasteiger partial charge is 0.413 e. The van der Waals surface area contributed by atoms with E-state index in [4.69, 9.17) is 25.8 Å². The molecular formula is C22H29ClN2O7.